The van der Waals surface area contributed by atoms with Gasteiger partial charge in [-0.05, 0) is 77.0 Å². The molecule has 0 spiro atoms. The van der Waals surface area contributed by atoms with Gasteiger partial charge in [-0.2, -0.15) is 0 Å². The zero-order chi connectivity index (χ0) is 37.5. The molecule has 0 heterocycles. The van der Waals surface area contributed by atoms with Gasteiger partial charge in [0.1, 0.15) is 11.6 Å². The highest BCUT2D eigenvalue weighted by Gasteiger charge is 2.22. The number of nitrogens with one attached hydrogen (secondary N) is 1. The average molecular weight is 716 g/mol. The van der Waals surface area contributed by atoms with E-state index in [0.717, 1.165) is 51.4 Å². The summed E-state index contributed by atoms with van der Waals surface area (Å²) < 4.78 is 0. The Morgan fingerprint density at radius 3 is 1.29 bits per heavy atom. The molecule has 0 aromatic heterocycles. The van der Waals surface area contributed by atoms with Crippen LogP contribution in [0.15, 0.2) is 24.3 Å². The molecule has 51 heavy (non-hydrogen) atoms. The number of carbonyl (C=O) groups excluding carboxylic acids is 3. The standard InChI is InChI=1S/C45H81NO5/c1-3-5-7-9-11-13-15-17-19-21-23-25-27-29-31-35-42(47)39-41(40-46-44(49)37-33-34-38-45(50)51)43(48)36-32-30-28-26-24-22-20-18-16-14-12-10-8-6-4-2/h17-20,41H,3-16,21-40H2,1-2H3,(H,46,49)(H,50,51). The first-order valence-corrected chi connectivity index (χ1v) is 21.7. The van der Waals surface area contributed by atoms with Gasteiger partial charge in [-0.3, -0.25) is 19.2 Å². The molecule has 1 amide bonds. The summed E-state index contributed by atoms with van der Waals surface area (Å²) in [5, 5.41) is 11.7. The Morgan fingerprint density at radius 2 is 0.843 bits per heavy atom. The number of Topliss-reactive ketones (excluding diaryl/α,β-unsaturated/α-hetero) is 2. The van der Waals surface area contributed by atoms with E-state index in [0.29, 0.717) is 25.7 Å². The van der Waals surface area contributed by atoms with E-state index in [-0.39, 0.29) is 43.3 Å². The SMILES string of the molecule is CCCCCCCCC=CCCCCCCCC(=O)CC(CNC(=O)CCCCC(=O)O)C(=O)CCCCCCCC=CCCCCCCCC. The maximum Gasteiger partial charge on any atom is 0.303 e. The van der Waals surface area contributed by atoms with E-state index < -0.39 is 11.9 Å². The maximum absolute atomic E-state index is 13.2. The summed E-state index contributed by atoms with van der Waals surface area (Å²) in [5.41, 5.74) is 0. The molecular weight excluding hydrogens is 634 g/mol. The second-order valence-corrected chi connectivity index (χ2v) is 15.0. The summed E-state index contributed by atoms with van der Waals surface area (Å²) in [6, 6.07) is 0. The maximum atomic E-state index is 13.2. The van der Waals surface area contributed by atoms with Gasteiger partial charge in [-0.1, -0.05) is 141 Å². The lowest BCUT2D eigenvalue weighted by atomic mass is 9.92. The third-order valence-corrected chi connectivity index (χ3v) is 9.92. The fraction of sp³-hybridized carbons (Fsp3) is 0.822. The number of carboxylic acid groups (broad SMARTS) is 1. The molecule has 0 aromatic carbocycles. The zero-order valence-electron chi connectivity index (χ0n) is 33.5. The molecule has 0 aromatic rings. The van der Waals surface area contributed by atoms with Crippen molar-refractivity contribution in [3.63, 3.8) is 0 Å². The third kappa shape index (κ3) is 37.3. The van der Waals surface area contributed by atoms with Crippen LogP contribution in [0, 0.1) is 5.92 Å². The van der Waals surface area contributed by atoms with Gasteiger partial charge >= 0.3 is 5.97 Å². The van der Waals surface area contributed by atoms with Crippen LogP contribution in [-0.2, 0) is 19.2 Å². The lowest BCUT2D eigenvalue weighted by molar-refractivity contribution is -0.137. The van der Waals surface area contributed by atoms with Crippen molar-refractivity contribution < 1.29 is 24.3 Å². The summed E-state index contributed by atoms with van der Waals surface area (Å²) in [7, 11) is 0. The minimum absolute atomic E-state index is 0.0508. The number of carboxylic acids is 1. The second-order valence-electron chi connectivity index (χ2n) is 15.0. The van der Waals surface area contributed by atoms with Crippen LogP contribution < -0.4 is 5.32 Å². The molecule has 6 heteroatoms. The fourth-order valence-corrected chi connectivity index (χ4v) is 6.53. The molecule has 6 nitrogen and oxygen atoms in total. The van der Waals surface area contributed by atoms with Crippen molar-refractivity contribution in [3.8, 4) is 0 Å². The minimum Gasteiger partial charge on any atom is -0.481 e. The van der Waals surface area contributed by atoms with Gasteiger partial charge in [0.15, 0.2) is 0 Å². The monoisotopic (exact) mass is 716 g/mol. The van der Waals surface area contributed by atoms with Crippen LogP contribution in [0.3, 0.4) is 0 Å². The molecule has 2 N–H and O–H groups in total. The van der Waals surface area contributed by atoms with Crippen molar-refractivity contribution in [2.45, 2.75) is 226 Å². The van der Waals surface area contributed by atoms with Gasteiger partial charge in [0.05, 0.1) is 0 Å². The van der Waals surface area contributed by atoms with Crippen LogP contribution >= 0.6 is 0 Å². The zero-order valence-corrected chi connectivity index (χ0v) is 33.5. The number of aliphatic carboxylic acids is 1. The second kappa shape index (κ2) is 39.0. The number of hydrogen-bond donors (Lipinski definition) is 2. The number of rotatable bonds is 40. The first-order valence-electron chi connectivity index (χ1n) is 21.7. The first kappa shape index (κ1) is 48.8. The molecule has 0 fully saturated rings. The van der Waals surface area contributed by atoms with E-state index in [1.807, 2.05) is 0 Å². The number of ketones is 2. The van der Waals surface area contributed by atoms with Crippen LogP contribution in [0.4, 0.5) is 0 Å². The van der Waals surface area contributed by atoms with Gasteiger partial charge in [-0.15, -0.1) is 0 Å². The highest BCUT2D eigenvalue weighted by atomic mass is 16.4. The smallest absolute Gasteiger partial charge is 0.303 e. The fourth-order valence-electron chi connectivity index (χ4n) is 6.53. The molecule has 1 unspecified atom stereocenters. The lowest BCUT2D eigenvalue weighted by Crippen LogP contribution is -2.34. The van der Waals surface area contributed by atoms with Crippen molar-refractivity contribution in [3.05, 3.63) is 24.3 Å². The molecule has 0 saturated heterocycles. The van der Waals surface area contributed by atoms with E-state index in [4.69, 9.17) is 5.11 Å². The third-order valence-electron chi connectivity index (χ3n) is 9.92. The van der Waals surface area contributed by atoms with E-state index >= 15 is 0 Å². The van der Waals surface area contributed by atoms with E-state index in [9.17, 15) is 19.2 Å². The van der Waals surface area contributed by atoms with Crippen LogP contribution in [0.25, 0.3) is 0 Å². The topological polar surface area (TPSA) is 101 Å². The Hall–Kier alpha value is -2.24. The molecule has 296 valence electrons. The Bertz CT molecular complexity index is 895. The van der Waals surface area contributed by atoms with Crippen molar-refractivity contribution >= 4 is 23.4 Å². The first-order chi connectivity index (χ1) is 24.9. The summed E-state index contributed by atoms with van der Waals surface area (Å²) in [6.07, 6.45) is 43.2. The van der Waals surface area contributed by atoms with Crippen LogP contribution in [0.5, 0.6) is 0 Å². The number of hydrogen-bond acceptors (Lipinski definition) is 4. The highest BCUT2D eigenvalue weighted by molar-refractivity contribution is 5.88. The van der Waals surface area contributed by atoms with Gasteiger partial charge in [0, 0.05) is 44.6 Å². The van der Waals surface area contributed by atoms with Gasteiger partial charge < -0.3 is 10.4 Å². The Labute approximate surface area is 314 Å². The number of unbranched alkanes of at least 4 members (excludes halogenated alkanes) is 23. The molecule has 0 rings (SSSR count). The summed E-state index contributed by atoms with van der Waals surface area (Å²) in [6.45, 7) is 4.71. The van der Waals surface area contributed by atoms with E-state index in [1.54, 1.807) is 0 Å². The van der Waals surface area contributed by atoms with Crippen LogP contribution in [0.2, 0.25) is 0 Å². The summed E-state index contributed by atoms with van der Waals surface area (Å²) in [4.78, 5) is 49.2. The molecule has 0 aliphatic heterocycles. The largest absolute Gasteiger partial charge is 0.481 e. The van der Waals surface area contributed by atoms with Crippen LogP contribution in [-0.4, -0.2) is 35.1 Å². The van der Waals surface area contributed by atoms with Crippen molar-refractivity contribution in [1.29, 1.82) is 0 Å². The number of carbonyl (C=O) groups is 4. The Kier molecular flexibility index (Phi) is 37.3. The Morgan fingerprint density at radius 1 is 0.471 bits per heavy atom. The predicted octanol–water partition coefficient (Wildman–Crippen LogP) is 13.0. The molecule has 0 aliphatic rings. The lowest BCUT2D eigenvalue weighted by Gasteiger charge is -2.16. The average Bonchev–Trinajstić information content (AvgIpc) is 3.11. The van der Waals surface area contributed by atoms with Gasteiger partial charge in [0.25, 0.3) is 0 Å². The number of amides is 1. The highest BCUT2D eigenvalue weighted by Crippen LogP contribution is 2.17. The van der Waals surface area contributed by atoms with Crippen molar-refractivity contribution in [2.75, 3.05) is 6.54 Å². The Balaban J connectivity index is 4.30. The minimum atomic E-state index is -0.860. The number of allylic oxidation sites excluding steroid dienone is 4. The quantitative estimate of drug-likeness (QED) is 0.0486. The van der Waals surface area contributed by atoms with Gasteiger partial charge in [0.2, 0.25) is 5.91 Å². The molecular formula is C45H81NO5. The van der Waals surface area contributed by atoms with Crippen molar-refractivity contribution in [2.24, 2.45) is 5.92 Å². The van der Waals surface area contributed by atoms with Gasteiger partial charge in [-0.25, -0.2) is 0 Å². The molecule has 0 aliphatic carbocycles. The summed E-state index contributed by atoms with van der Waals surface area (Å²) >= 11 is 0. The van der Waals surface area contributed by atoms with Crippen LogP contribution in [0.1, 0.15) is 226 Å². The summed E-state index contributed by atoms with van der Waals surface area (Å²) in [5.74, 6) is -1.31. The normalized spacial score (nSPS) is 12.2. The molecule has 0 radical (unpaired) electrons. The molecule has 0 saturated carbocycles. The van der Waals surface area contributed by atoms with E-state index in [2.05, 4.69) is 43.5 Å². The predicted molar refractivity (Wildman–Crippen MR) is 216 cm³/mol. The van der Waals surface area contributed by atoms with Crippen molar-refractivity contribution in [1.82, 2.24) is 5.32 Å². The van der Waals surface area contributed by atoms with E-state index in [1.165, 1.54) is 116 Å². The molecule has 0 bridgehead atoms. The molecule has 1 atom stereocenters.